The third kappa shape index (κ3) is 3.61. The first kappa shape index (κ1) is 20.2. The predicted octanol–water partition coefficient (Wildman–Crippen LogP) is 4.01. The lowest BCUT2D eigenvalue weighted by Gasteiger charge is -2.25. The van der Waals surface area contributed by atoms with E-state index in [1.165, 1.54) is 0 Å². The first-order chi connectivity index (χ1) is 15.7. The van der Waals surface area contributed by atoms with Crippen molar-refractivity contribution in [3.63, 3.8) is 0 Å². The fourth-order valence-electron chi connectivity index (χ4n) is 4.14. The molecule has 0 N–H and O–H groups in total. The van der Waals surface area contributed by atoms with Crippen LogP contribution in [0.4, 0.5) is 0 Å². The molecule has 3 heterocycles. The number of nitrogens with zero attached hydrogens (tertiary/aromatic N) is 4. The van der Waals surface area contributed by atoms with Crippen molar-refractivity contribution < 1.29 is 13.9 Å². The molecule has 4 aromatic rings. The minimum absolute atomic E-state index is 0.0660. The molecule has 32 heavy (non-hydrogen) atoms. The molecule has 0 spiro atoms. The molecule has 1 aliphatic heterocycles. The number of amides is 1. The van der Waals surface area contributed by atoms with Crippen LogP contribution < -0.4 is 0 Å². The van der Waals surface area contributed by atoms with Gasteiger partial charge in [0.2, 0.25) is 5.89 Å². The summed E-state index contributed by atoms with van der Waals surface area (Å²) in [6.45, 7) is 0.962. The van der Waals surface area contributed by atoms with Crippen molar-refractivity contribution in [2.75, 3.05) is 13.7 Å². The second-order valence-electron chi connectivity index (χ2n) is 7.82. The number of oxazole rings is 1. The van der Waals surface area contributed by atoms with Crippen LogP contribution in [0, 0.1) is 0 Å². The maximum atomic E-state index is 13.3. The summed E-state index contributed by atoms with van der Waals surface area (Å²) >= 11 is 0. The minimum atomic E-state index is -0.378. The van der Waals surface area contributed by atoms with Crippen LogP contribution in [0.2, 0.25) is 0 Å². The Morgan fingerprint density at radius 1 is 1.09 bits per heavy atom. The van der Waals surface area contributed by atoms with E-state index in [1.54, 1.807) is 18.2 Å². The molecule has 1 atom stereocenters. The summed E-state index contributed by atoms with van der Waals surface area (Å²) in [4.78, 5) is 24.2. The number of hydrogen-bond acceptors (Lipinski definition) is 5. The first-order valence-corrected chi connectivity index (χ1v) is 10.6. The quantitative estimate of drug-likeness (QED) is 0.480. The van der Waals surface area contributed by atoms with Gasteiger partial charge in [0.25, 0.3) is 5.91 Å². The number of ether oxygens (including phenoxy) is 1. The summed E-state index contributed by atoms with van der Waals surface area (Å²) in [5.41, 5.74) is 3.28. The minimum Gasteiger partial charge on any atom is -0.442 e. The van der Waals surface area contributed by atoms with Crippen LogP contribution in [0.25, 0.3) is 11.4 Å². The molecule has 0 aliphatic carbocycles. The molecule has 0 fully saturated rings. The van der Waals surface area contributed by atoms with Crippen LogP contribution in [-0.4, -0.2) is 39.0 Å². The Morgan fingerprint density at radius 3 is 2.53 bits per heavy atom. The second kappa shape index (κ2) is 8.43. The fraction of sp³-hybridized carbons (Fsp3) is 0.240. The molecule has 0 radical (unpaired) electrons. The molecule has 2 aromatic carbocycles. The number of aromatic nitrogens is 3. The Bertz CT molecular complexity index is 1230. The second-order valence-corrected chi connectivity index (χ2v) is 7.82. The van der Waals surface area contributed by atoms with Crippen LogP contribution >= 0.6 is 0 Å². The summed E-state index contributed by atoms with van der Waals surface area (Å²) < 4.78 is 13.5. The molecule has 0 saturated carbocycles. The topological polar surface area (TPSA) is 73.4 Å². The predicted molar refractivity (Wildman–Crippen MR) is 119 cm³/mol. The first-order valence-electron chi connectivity index (χ1n) is 10.6. The average molecular weight is 428 g/mol. The third-order valence-electron chi connectivity index (χ3n) is 5.83. The zero-order valence-electron chi connectivity index (χ0n) is 18.1. The van der Waals surface area contributed by atoms with Crippen LogP contribution in [0.5, 0.6) is 0 Å². The van der Waals surface area contributed by atoms with Gasteiger partial charge in [-0.05, 0) is 5.56 Å². The maximum Gasteiger partial charge on any atom is 0.272 e. The Labute approximate surface area is 186 Å². The van der Waals surface area contributed by atoms with Crippen molar-refractivity contribution in [2.24, 2.45) is 7.05 Å². The molecule has 1 amide bonds. The van der Waals surface area contributed by atoms with Gasteiger partial charge in [0, 0.05) is 32.7 Å². The molecule has 0 saturated heterocycles. The van der Waals surface area contributed by atoms with E-state index >= 15 is 0 Å². The zero-order chi connectivity index (χ0) is 22.1. The van der Waals surface area contributed by atoms with E-state index in [9.17, 15) is 4.79 Å². The molecule has 0 bridgehead atoms. The molecule has 7 heteroatoms. The van der Waals surface area contributed by atoms with Gasteiger partial charge in [0.05, 0.1) is 12.7 Å². The standard InChI is InChI=1S/C25H24N4O3/c1-28-20(15-26-23(28)18-11-7-4-8-12-18)25(30)29-14-13-21-19(16-29)27-24(32-21)22(31-2)17-9-5-3-6-10-17/h3-12,15,22H,13-14,16H2,1-2H3. The van der Waals surface area contributed by atoms with Gasteiger partial charge in [-0.1, -0.05) is 60.7 Å². The van der Waals surface area contributed by atoms with Gasteiger partial charge in [0.1, 0.15) is 23.0 Å². The van der Waals surface area contributed by atoms with Crippen molar-refractivity contribution in [3.8, 4) is 11.4 Å². The molecule has 1 aliphatic rings. The van der Waals surface area contributed by atoms with Crippen LogP contribution in [0.1, 0.15) is 39.5 Å². The van der Waals surface area contributed by atoms with Crippen LogP contribution in [0.3, 0.4) is 0 Å². The van der Waals surface area contributed by atoms with Crippen LogP contribution in [0.15, 0.2) is 71.3 Å². The number of carbonyl (C=O) groups is 1. The SMILES string of the molecule is COC(c1ccccc1)c1nc2c(o1)CCN(C(=O)c1cnc(-c3ccccc3)n1C)C2. The van der Waals surface area contributed by atoms with Gasteiger partial charge in [-0.15, -0.1) is 0 Å². The molecule has 7 nitrogen and oxygen atoms in total. The van der Waals surface area contributed by atoms with Crippen molar-refractivity contribution in [2.45, 2.75) is 19.1 Å². The fourth-order valence-corrected chi connectivity index (χ4v) is 4.14. The third-order valence-corrected chi connectivity index (χ3v) is 5.83. The smallest absolute Gasteiger partial charge is 0.272 e. The van der Waals surface area contributed by atoms with Crippen molar-refractivity contribution in [1.82, 2.24) is 19.4 Å². The molecular formula is C25H24N4O3. The van der Waals surface area contributed by atoms with Gasteiger partial charge in [-0.25, -0.2) is 9.97 Å². The number of imidazole rings is 1. The number of carbonyl (C=O) groups excluding carboxylic acids is 1. The number of benzene rings is 2. The lowest BCUT2D eigenvalue weighted by atomic mass is 10.1. The highest BCUT2D eigenvalue weighted by Gasteiger charge is 2.30. The van der Waals surface area contributed by atoms with E-state index in [1.807, 2.05) is 72.3 Å². The largest absolute Gasteiger partial charge is 0.442 e. The van der Waals surface area contributed by atoms with Crippen LogP contribution in [-0.2, 0) is 24.8 Å². The highest BCUT2D eigenvalue weighted by molar-refractivity contribution is 5.93. The van der Waals surface area contributed by atoms with Crippen molar-refractivity contribution >= 4 is 5.91 Å². The number of fused-ring (bicyclic) bond motifs is 1. The van der Waals surface area contributed by atoms with Gasteiger partial charge in [-0.2, -0.15) is 0 Å². The normalized spacial score (nSPS) is 14.2. The number of rotatable bonds is 5. The molecule has 1 unspecified atom stereocenters. The lowest BCUT2D eigenvalue weighted by molar-refractivity contribution is 0.0717. The summed E-state index contributed by atoms with van der Waals surface area (Å²) in [6, 6.07) is 19.7. The summed E-state index contributed by atoms with van der Waals surface area (Å²) in [6.07, 6.45) is 1.88. The van der Waals surface area contributed by atoms with E-state index in [-0.39, 0.29) is 12.0 Å². The summed E-state index contributed by atoms with van der Waals surface area (Å²) in [5, 5.41) is 0. The Hall–Kier alpha value is -3.71. The zero-order valence-corrected chi connectivity index (χ0v) is 18.1. The summed E-state index contributed by atoms with van der Waals surface area (Å²) in [7, 11) is 3.51. The Kier molecular flexibility index (Phi) is 5.33. The Balaban J connectivity index is 1.37. The highest BCUT2D eigenvalue weighted by Crippen LogP contribution is 2.29. The molecular weight excluding hydrogens is 404 g/mol. The lowest BCUT2D eigenvalue weighted by Crippen LogP contribution is -2.36. The highest BCUT2D eigenvalue weighted by atomic mass is 16.5. The number of methoxy groups -OCH3 is 1. The van der Waals surface area contributed by atoms with E-state index in [2.05, 4.69) is 4.98 Å². The summed E-state index contributed by atoms with van der Waals surface area (Å²) in [5.74, 6) is 2.03. The molecule has 5 rings (SSSR count). The van der Waals surface area contributed by atoms with Gasteiger partial charge < -0.3 is 18.6 Å². The monoisotopic (exact) mass is 428 g/mol. The molecule has 2 aromatic heterocycles. The number of hydrogen-bond donors (Lipinski definition) is 0. The van der Waals surface area contributed by atoms with Gasteiger partial charge in [0.15, 0.2) is 6.10 Å². The van der Waals surface area contributed by atoms with E-state index in [0.717, 1.165) is 28.4 Å². The van der Waals surface area contributed by atoms with E-state index < -0.39 is 0 Å². The van der Waals surface area contributed by atoms with Crippen molar-refractivity contribution in [1.29, 1.82) is 0 Å². The van der Waals surface area contributed by atoms with E-state index in [4.69, 9.17) is 14.1 Å². The van der Waals surface area contributed by atoms with E-state index in [0.29, 0.717) is 31.1 Å². The van der Waals surface area contributed by atoms with Gasteiger partial charge in [-0.3, -0.25) is 4.79 Å². The average Bonchev–Trinajstić information content (AvgIpc) is 3.43. The Morgan fingerprint density at radius 2 is 1.81 bits per heavy atom. The maximum absolute atomic E-state index is 13.3. The van der Waals surface area contributed by atoms with Gasteiger partial charge >= 0.3 is 0 Å². The molecule has 162 valence electrons. The van der Waals surface area contributed by atoms with Crippen molar-refractivity contribution in [3.05, 3.63) is 95.5 Å².